The largest absolute Gasteiger partial charge is 0.497 e. The van der Waals surface area contributed by atoms with Gasteiger partial charge in [0.25, 0.3) is 5.60 Å². The maximum absolute atomic E-state index is 9.76. The van der Waals surface area contributed by atoms with Gasteiger partial charge in [-0.1, -0.05) is 12.1 Å². The standard InChI is InChI=1S/C21H20N2O6/c1-24-15-7-5-13(6-8-15)20-28-19(21(11-22,12-23)29-20)14-9-16(25-2)18(27-4)17(10-14)26-3/h5-10,19-20H,1-4H3/t19-,20-/m1/s1. The molecule has 0 aliphatic carbocycles. The van der Waals surface area contributed by atoms with Crippen molar-refractivity contribution in [3.05, 3.63) is 47.5 Å². The van der Waals surface area contributed by atoms with Crippen molar-refractivity contribution < 1.29 is 28.4 Å². The van der Waals surface area contributed by atoms with Crippen molar-refractivity contribution in [3.8, 4) is 35.1 Å². The van der Waals surface area contributed by atoms with Crippen LogP contribution in [0.4, 0.5) is 0 Å². The minimum atomic E-state index is -1.85. The number of nitriles is 2. The van der Waals surface area contributed by atoms with Crippen molar-refractivity contribution >= 4 is 0 Å². The first kappa shape index (κ1) is 20.3. The first-order chi connectivity index (χ1) is 14.0. The van der Waals surface area contributed by atoms with Crippen LogP contribution in [0.2, 0.25) is 0 Å². The van der Waals surface area contributed by atoms with Crippen LogP contribution in [0.15, 0.2) is 36.4 Å². The van der Waals surface area contributed by atoms with Crippen molar-refractivity contribution in [3.63, 3.8) is 0 Å². The average molecular weight is 396 g/mol. The molecule has 8 nitrogen and oxygen atoms in total. The molecule has 0 spiro atoms. The van der Waals surface area contributed by atoms with Gasteiger partial charge in [-0.2, -0.15) is 10.5 Å². The molecule has 29 heavy (non-hydrogen) atoms. The quantitative estimate of drug-likeness (QED) is 0.733. The second-order valence-electron chi connectivity index (χ2n) is 6.16. The first-order valence-corrected chi connectivity index (χ1v) is 8.65. The van der Waals surface area contributed by atoms with E-state index >= 15 is 0 Å². The predicted molar refractivity (Wildman–Crippen MR) is 101 cm³/mol. The van der Waals surface area contributed by atoms with Crippen LogP contribution >= 0.6 is 0 Å². The molecule has 2 aromatic rings. The Morgan fingerprint density at radius 2 is 1.41 bits per heavy atom. The molecule has 0 aromatic heterocycles. The molecule has 0 saturated carbocycles. The fraction of sp³-hybridized carbons (Fsp3) is 0.333. The summed E-state index contributed by atoms with van der Waals surface area (Å²) in [5, 5.41) is 19.5. The lowest BCUT2D eigenvalue weighted by Gasteiger charge is -2.20. The Morgan fingerprint density at radius 3 is 1.86 bits per heavy atom. The highest BCUT2D eigenvalue weighted by atomic mass is 16.7. The van der Waals surface area contributed by atoms with E-state index in [0.29, 0.717) is 34.1 Å². The molecular formula is C21H20N2O6. The zero-order valence-electron chi connectivity index (χ0n) is 16.5. The molecule has 2 aromatic carbocycles. The van der Waals surface area contributed by atoms with E-state index in [1.807, 2.05) is 12.1 Å². The smallest absolute Gasteiger partial charge is 0.274 e. The summed E-state index contributed by atoms with van der Waals surface area (Å²) in [6.07, 6.45) is -1.91. The zero-order valence-corrected chi connectivity index (χ0v) is 16.5. The molecule has 1 saturated heterocycles. The van der Waals surface area contributed by atoms with Crippen molar-refractivity contribution in [1.82, 2.24) is 0 Å². The van der Waals surface area contributed by atoms with Crippen LogP contribution < -0.4 is 18.9 Å². The number of rotatable bonds is 6. The Hall–Kier alpha value is -3.46. The average Bonchev–Trinajstić information content (AvgIpc) is 3.18. The Balaban J connectivity index is 2.05. The topological polar surface area (TPSA) is 103 Å². The van der Waals surface area contributed by atoms with Gasteiger partial charge in [0, 0.05) is 5.56 Å². The second-order valence-corrected chi connectivity index (χ2v) is 6.16. The van der Waals surface area contributed by atoms with E-state index in [4.69, 9.17) is 28.4 Å². The molecule has 1 heterocycles. The minimum Gasteiger partial charge on any atom is -0.497 e. The van der Waals surface area contributed by atoms with Gasteiger partial charge in [0.1, 0.15) is 24.0 Å². The number of hydrogen-bond donors (Lipinski definition) is 0. The molecule has 0 unspecified atom stereocenters. The molecule has 0 radical (unpaired) electrons. The zero-order chi connectivity index (χ0) is 21.0. The molecule has 0 N–H and O–H groups in total. The van der Waals surface area contributed by atoms with E-state index in [2.05, 4.69) is 0 Å². The van der Waals surface area contributed by atoms with Crippen LogP contribution in [0.1, 0.15) is 23.5 Å². The second kappa shape index (κ2) is 8.27. The maximum Gasteiger partial charge on any atom is 0.274 e. The summed E-state index contributed by atoms with van der Waals surface area (Å²) >= 11 is 0. The van der Waals surface area contributed by atoms with Crippen LogP contribution in [-0.4, -0.2) is 34.0 Å². The molecule has 3 rings (SSSR count). The number of methoxy groups -OCH3 is 4. The third-order valence-corrected chi connectivity index (χ3v) is 4.63. The van der Waals surface area contributed by atoms with E-state index < -0.39 is 18.0 Å². The molecule has 0 amide bonds. The van der Waals surface area contributed by atoms with Crippen molar-refractivity contribution in [2.45, 2.75) is 18.0 Å². The van der Waals surface area contributed by atoms with Crippen LogP contribution in [-0.2, 0) is 9.47 Å². The van der Waals surface area contributed by atoms with E-state index in [9.17, 15) is 10.5 Å². The monoisotopic (exact) mass is 396 g/mol. The Labute approximate surface area is 168 Å². The third kappa shape index (κ3) is 3.52. The summed E-state index contributed by atoms with van der Waals surface area (Å²) in [6, 6.07) is 14.2. The summed E-state index contributed by atoms with van der Waals surface area (Å²) < 4.78 is 33.0. The van der Waals surface area contributed by atoms with Gasteiger partial charge in [0.2, 0.25) is 5.75 Å². The minimum absolute atomic E-state index is 0.378. The molecule has 1 fully saturated rings. The highest BCUT2D eigenvalue weighted by molar-refractivity contribution is 5.55. The SMILES string of the molecule is COc1ccc([C@@H]2O[C@H](c3cc(OC)c(OC)c(OC)c3)C(C#N)(C#N)O2)cc1. The van der Waals surface area contributed by atoms with Gasteiger partial charge in [0.05, 0.1) is 28.4 Å². The summed E-state index contributed by atoms with van der Waals surface area (Å²) in [5.41, 5.74) is -0.718. The predicted octanol–water partition coefficient (Wildman–Crippen LogP) is 3.29. The fourth-order valence-electron chi connectivity index (χ4n) is 3.15. The molecule has 2 atom stereocenters. The van der Waals surface area contributed by atoms with E-state index in [-0.39, 0.29) is 0 Å². The van der Waals surface area contributed by atoms with Gasteiger partial charge in [0.15, 0.2) is 17.8 Å². The highest BCUT2D eigenvalue weighted by Gasteiger charge is 2.53. The van der Waals surface area contributed by atoms with Gasteiger partial charge in [-0.05, 0) is 29.8 Å². The molecule has 8 heteroatoms. The van der Waals surface area contributed by atoms with Gasteiger partial charge >= 0.3 is 0 Å². The first-order valence-electron chi connectivity index (χ1n) is 8.65. The third-order valence-electron chi connectivity index (χ3n) is 4.63. The van der Waals surface area contributed by atoms with Crippen LogP contribution in [0.3, 0.4) is 0 Å². The van der Waals surface area contributed by atoms with Crippen LogP contribution in [0.5, 0.6) is 23.0 Å². The van der Waals surface area contributed by atoms with Gasteiger partial charge in [-0.3, -0.25) is 0 Å². The Kier molecular flexibility index (Phi) is 5.79. The van der Waals surface area contributed by atoms with Crippen molar-refractivity contribution in [2.24, 2.45) is 0 Å². The van der Waals surface area contributed by atoms with Crippen LogP contribution in [0, 0.1) is 22.7 Å². The highest BCUT2D eigenvalue weighted by Crippen LogP contribution is 2.49. The van der Waals surface area contributed by atoms with Crippen molar-refractivity contribution in [2.75, 3.05) is 28.4 Å². The number of ether oxygens (including phenoxy) is 6. The molecule has 150 valence electrons. The number of hydrogen-bond acceptors (Lipinski definition) is 8. The molecular weight excluding hydrogens is 376 g/mol. The summed E-state index contributed by atoms with van der Waals surface area (Å²) in [6.45, 7) is 0. The van der Waals surface area contributed by atoms with Crippen molar-refractivity contribution in [1.29, 1.82) is 10.5 Å². The fourth-order valence-corrected chi connectivity index (χ4v) is 3.15. The normalized spacial score (nSPS) is 19.7. The summed E-state index contributed by atoms with van der Waals surface area (Å²) in [4.78, 5) is 0. The number of benzene rings is 2. The van der Waals surface area contributed by atoms with E-state index in [1.54, 1.807) is 43.5 Å². The van der Waals surface area contributed by atoms with E-state index in [0.717, 1.165) is 0 Å². The Morgan fingerprint density at radius 1 is 0.828 bits per heavy atom. The Bertz CT molecular complexity index is 922. The summed E-state index contributed by atoms with van der Waals surface area (Å²) in [7, 11) is 6.02. The molecule has 1 aliphatic rings. The lowest BCUT2D eigenvalue weighted by molar-refractivity contribution is -0.0719. The lowest BCUT2D eigenvalue weighted by Crippen LogP contribution is -2.30. The maximum atomic E-state index is 9.76. The van der Waals surface area contributed by atoms with Crippen LogP contribution in [0.25, 0.3) is 0 Å². The van der Waals surface area contributed by atoms with Gasteiger partial charge < -0.3 is 28.4 Å². The summed E-state index contributed by atoms with van der Waals surface area (Å²) in [5.74, 6) is 1.81. The molecule has 0 bridgehead atoms. The lowest BCUT2D eigenvalue weighted by atomic mass is 9.93. The molecule has 1 aliphatic heterocycles. The van der Waals surface area contributed by atoms with Gasteiger partial charge in [-0.15, -0.1) is 0 Å². The number of nitrogens with zero attached hydrogens (tertiary/aromatic N) is 2. The van der Waals surface area contributed by atoms with E-state index in [1.165, 1.54) is 21.3 Å². The van der Waals surface area contributed by atoms with Gasteiger partial charge in [-0.25, -0.2) is 0 Å².